The lowest BCUT2D eigenvalue weighted by molar-refractivity contribution is -0.123. The average Bonchev–Trinajstić information content (AvgIpc) is 2.98. The highest BCUT2D eigenvalue weighted by atomic mass is 16.2. The summed E-state index contributed by atoms with van der Waals surface area (Å²) < 4.78 is 0. The van der Waals surface area contributed by atoms with Crippen LogP contribution in [-0.4, -0.2) is 42.9 Å². The lowest BCUT2D eigenvalue weighted by Crippen LogP contribution is -2.43. The Hall–Kier alpha value is -2.08. The summed E-state index contributed by atoms with van der Waals surface area (Å²) in [7, 11) is 2.09. The molecule has 1 spiro atoms. The fourth-order valence-corrected chi connectivity index (χ4v) is 4.15. The lowest BCUT2D eigenvalue weighted by Gasteiger charge is -2.36. The van der Waals surface area contributed by atoms with Crippen LogP contribution in [0.3, 0.4) is 0 Å². The number of carbonyl (C=O) groups excluding carboxylic acids is 2. The first kappa shape index (κ1) is 22.2. The van der Waals surface area contributed by atoms with Crippen molar-refractivity contribution in [1.29, 1.82) is 0 Å². The number of hydrogen-bond donors (Lipinski definition) is 3. The van der Waals surface area contributed by atoms with Crippen molar-refractivity contribution in [3.05, 3.63) is 23.3 Å². The van der Waals surface area contributed by atoms with Gasteiger partial charge in [-0.3, -0.25) is 9.59 Å². The molecule has 28 heavy (non-hydrogen) atoms. The molecule has 1 aromatic rings. The van der Waals surface area contributed by atoms with Crippen molar-refractivity contribution in [2.45, 2.75) is 71.3 Å². The van der Waals surface area contributed by atoms with Crippen LogP contribution in [0.5, 0.6) is 0 Å². The van der Waals surface area contributed by atoms with Gasteiger partial charge in [-0.15, -0.1) is 0 Å². The standard InChI is InChI=1S/C18H24N4O2.2C2H6/c1-22-7-3-12(4-8-22)20-16(23)13-9-11(19)10-14-15(13)21-17(24)18(14)5-2-6-18;2*1-2/h9-10,12H,2-8,19H2,1H3,(H,20,23)(H,21,24);2*1-2H3. The van der Waals surface area contributed by atoms with E-state index in [4.69, 9.17) is 5.73 Å². The Labute approximate surface area is 169 Å². The molecule has 4 N–H and O–H groups in total. The van der Waals surface area contributed by atoms with E-state index in [2.05, 4.69) is 22.6 Å². The Bertz CT molecular complexity index is 705. The number of benzene rings is 1. The van der Waals surface area contributed by atoms with Crippen molar-refractivity contribution in [2.24, 2.45) is 0 Å². The molecule has 156 valence electrons. The minimum absolute atomic E-state index is 0.0164. The van der Waals surface area contributed by atoms with Gasteiger partial charge in [-0.05, 0) is 63.5 Å². The summed E-state index contributed by atoms with van der Waals surface area (Å²) in [4.78, 5) is 27.5. The van der Waals surface area contributed by atoms with Crippen LogP contribution in [0, 0.1) is 0 Å². The van der Waals surface area contributed by atoms with Gasteiger partial charge in [0.25, 0.3) is 5.91 Å². The van der Waals surface area contributed by atoms with E-state index in [0.717, 1.165) is 50.8 Å². The summed E-state index contributed by atoms with van der Waals surface area (Å²) in [6, 6.07) is 3.72. The van der Waals surface area contributed by atoms with Crippen LogP contribution in [0.2, 0.25) is 0 Å². The quantitative estimate of drug-likeness (QED) is 0.677. The molecule has 0 aromatic heterocycles. The Balaban J connectivity index is 0.000000660. The second-order valence-corrected chi connectivity index (χ2v) is 7.43. The molecule has 1 saturated carbocycles. The van der Waals surface area contributed by atoms with E-state index in [0.29, 0.717) is 16.9 Å². The molecule has 4 rings (SSSR count). The first-order valence-corrected chi connectivity index (χ1v) is 10.7. The number of fused-ring (bicyclic) bond motifs is 2. The first-order chi connectivity index (χ1) is 13.5. The summed E-state index contributed by atoms with van der Waals surface area (Å²) in [6.45, 7) is 9.97. The Morgan fingerprint density at radius 2 is 1.79 bits per heavy atom. The van der Waals surface area contributed by atoms with E-state index in [1.54, 1.807) is 6.07 Å². The maximum atomic E-state index is 12.8. The highest BCUT2D eigenvalue weighted by Crippen LogP contribution is 2.52. The average molecular weight is 389 g/mol. The number of amides is 2. The molecular weight excluding hydrogens is 352 g/mol. The summed E-state index contributed by atoms with van der Waals surface area (Å²) in [5, 5.41) is 6.07. The van der Waals surface area contributed by atoms with Gasteiger partial charge in [-0.1, -0.05) is 34.1 Å². The van der Waals surface area contributed by atoms with Gasteiger partial charge in [0.05, 0.1) is 16.7 Å². The van der Waals surface area contributed by atoms with Crippen molar-refractivity contribution in [2.75, 3.05) is 31.2 Å². The monoisotopic (exact) mass is 388 g/mol. The van der Waals surface area contributed by atoms with E-state index in [1.807, 2.05) is 33.8 Å². The molecule has 6 nitrogen and oxygen atoms in total. The highest BCUT2D eigenvalue weighted by molar-refractivity contribution is 6.13. The Kier molecular flexibility index (Phi) is 7.47. The van der Waals surface area contributed by atoms with Gasteiger partial charge >= 0.3 is 0 Å². The molecule has 1 aromatic carbocycles. The minimum atomic E-state index is -0.451. The van der Waals surface area contributed by atoms with E-state index in [-0.39, 0.29) is 17.9 Å². The third kappa shape index (κ3) is 4.02. The lowest BCUT2D eigenvalue weighted by atomic mass is 9.65. The highest BCUT2D eigenvalue weighted by Gasteiger charge is 2.52. The molecule has 0 radical (unpaired) electrons. The molecule has 2 fully saturated rings. The van der Waals surface area contributed by atoms with E-state index in [1.165, 1.54) is 0 Å². The zero-order valence-corrected chi connectivity index (χ0v) is 18.0. The summed E-state index contributed by atoms with van der Waals surface area (Å²) in [6.07, 6.45) is 4.61. The minimum Gasteiger partial charge on any atom is -0.399 e. The molecule has 2 heterocycles. The van der Waals surface area contributed by atoms with Crippen LogP contribution in [0.15, 0.2) is 12.1 Å². The molecule has 1 saturated heterocycles. The van der Waals surface area contributed by atoms with Gasteiger partial charge in [0.15, 0.2) is 0 Å². The van der Waals surface area contributed by atoms with Gasteiger partial charge in [-0.2, -0.15) is 0 Å². The number of nitrogen functional groups attached to an aromatic ring is 1. The zero-order chi connectivity index (χ0) is 20.9. The molecule has 2 amide bonds. The van der Waals surface area contributed by atoms with Crippen molar-refractivity contribution >= 4 is 23.2 Å². The number of likely N-dealkylation sites (tertiary alicyclic amines) is 1. The van der Waals surface area contributed by atoms with Crippen molar-refractivity contribution in [3.8, 4) is 0 Å². The van der Waals surface area contributed by atoms with E-state index in [9.17, 15) is 9.59 Å². The largest absolute Gasteiger partial charge is 0.399 e. The molecule has 2 aliphatic heterocycles. The first-order valence-electron chi connectivity index (χ1n) is 10.7. The van der Waals surface area contributed by atoms with E-state index < -0.39 is 5.41 Å². The van der Waals surface area contributed by atoms with Crippen molar-refractivity contribution < 1.29 is 9.59 Å². The van der Waals surface area contributed by atoms with Gasteiger partial charge in [-0.25, -0.2) is 0 Å². The number of nitrogens with zero attached hydrogens (tertiary/aromatic N) is 1. The summed E-state index contributed by atoms with van der Waals surface area (Å²) in [5.74, 6) is -0.118. The number of rotatable bonds is 2. The van der Waals surface area contributed by atoms with E-state index >= 15 is 0 Å². The number of nitrogens with two attached hydrogens (primary N) is 1. The molecule has 1 aliphatic carbocycles. The number of piperidine rings is 1. The van der Waals surface area contributed by atoms with Crippen molar-refractivity contribution in [1.82, 2.24) is 10.2 Å². The van der Waals surface area contributed by atoms with Gasteiger partial charge in [0.2, 0.25) is 5.91 Å². The number of anilines is 2. The second-order valence-electron chi connectivity index (χ2n) is 7.43. The second kappa shape index (κ2) is 9.41. The number of nitrogens with one attached hydrogen (secondary N) is 2. The van der Waals surface area contributed by atoms with Gasteiger partial charge in [0, 0.05) is 11.7 Å². The smallest absolute Gasteiger partial charge is 0.253 e. The molecular formula is C22H36N4O2. The maximum absolute atomic E-state index is 12.8. The predicted molar refractivity (Wildman–Crippen MR) is 116 cm³/mol. The molecule has 0 atom stereocenters. The van der Waals surface area contributed by atoms with Crippen molar-refractivity contribution in [3.63, 3.8) is 0 Å². The molecule has 0 unspecified atom stereocenters. The van der Waals surface area contributed by atoms with Gasteiger partial charge < -0.3 is 21.3 Å². The Morgan fingerprint density at radius 1 is 1.18 bits per heavy atom. The van der Waals surface area contributed by atoms with Crippen LogP contribution in [0.1, 0.15) is 75.7 Å². The van der Waals surface area contributed by atoms with Crippen LogP contribution in [0.4, 0.5) is 11.4 Å². The topological polar surface area (TPSA) is 87.5 Å². The summed E-state index contributed by atoms with van der Waals surface area (Å²) in [5.41, 5.74) is 8.21. The SMILES string of the molecule is CC.CC.CN1CCC(NC(=O)c2cc(N)cc3c2NC(=O)C32CCC2)CC1. The van der Waals surface area contributed by atoms with Crippen LogP contribution >= 0.6 is 0 Å². The van der Waals surface area contributed by atoms with Crippen LogP contribution in [0.25, 0.3) is 0 Å². The zero-order valence-electron chi connectivity index (χ0n) is 18.0. The predicted octanol–water partition coefficient (Wildman–Crippen LogP) is 3.52. The normalized spacial score (nSPS) is 20.0. The number of carbonyl (C=O) groups is 2. The fourth-order valence-electron chi connectivity index (χ4n) is 4.15. The molecule has 3 aliphatic rings. The third-order valence-corrected chi connectivity index (χ3v) is 5.85. The fraction of sp³-hybridized carbons (Fsp3) is 0.636. The van der Waals surface area contributed by atoms with Crippen LogP contribution < -0.4 is 16.4 Å². The van der Waals surface area contributed by atoms with Crippen LogP contribution in [-0.2, 0) is 10.2 Å². The summed E-state index contributed by atoms with van der Waals surface area (Å²) >= 11 is 0. The van der Waals surface area contributed by atoms with Gasteiger partial charge in [0.1, 0.15) is 0 Å². The molecule has 6 heteroatoms. The molecule has 0 bridgehead atoms. The number of hydrogen-bond acceptors (Lipinski definition) is 4. The Morgan fingerprint density at radius 3 is 2.32 bits per heavy atom. The third-order valence-electron chi connectivity index (χ3n) is 5.85. The maximum Gasteiger partial charge on any atom is 0.253 e.